The van der Waals surface area contributed by atoms with E-state index in [1.165, 1.54) is 27.6 Å². The number of fused-ring (bicyclic) bond motifs is 1. The van der Waals surface area contributed by atoms with Crippen LogP contribution >= 0.6 is 11.6 Å². The quantitative estimate of drug-likeness (QED) is 0.234. The number of aromatic amines is 1. The summed E-state index contributed by atoms with van der Waals surface area (Å²) in [6, 6.07) is 25.6. The Morgan fingerprint density at radius 3 is 2.26 bits per heavy atom. The second-order valence-corrected chi connectivity index (χ2v) is 12.1. The molecule has 0 aliphatic heterocycles. The predicted molar refractivity (Wildman–Crippen MR) is 157 cm³/mol. The highest BCUT2D eigenvalue weighted by atomic mass is 35.5. The van der Waals surface area contributed by atoms with E-state index < -0.39 is 0 Å². The highest BCUT2D eigenvalue weighted by Gasteiger charge is 2.31. The molecule has 1 amide bonds. The van der Waals surface area contributed by atoms with Gasteiger partial charge in [0.05, 0.1) is 6.54 Å². The van der Waals surface area contributed by atoms with Gasteiger partial charge < -0.3 is 9.88 Å². The zero-order valence-electron chi connectivity index (χ0n) is 22.7. The van der Waals surface area contributed by atoms with Gasteiger partial charge in [-0.2, -0.15) is 0 Å². The lowest BCUT2D eigenvalue weighted by Gasteiger charge is -2.28. The summed E-state index contributed by atoms with van der Waals surface area (Å²) in [5.74, 6) is 0.186. The molecular formula is C33H38ClN3O. The van der Waals surface area contributed by atoms with Crippen molar-refractivity contribution < 1.29 is 4.79 Å². The first-order valence-corrected chi connectivity index (χ1v) is 14.0. The molecule has 1 fully saturated rings. The van der Waals surface area contributed by atoms with E-state index >= 15 is 0 Å². The fraction of sp³-hybridized carbons (Fsp3) is 0.364. The van der Waals surface area contributed by atoms with E-state index in [4.69, 9.17) is 11.6 Å². The van der Waals surface area contributed by atoms with Crippen LogP contribution < -0.4 is 0 Å². The van der Waals surface area contributed by atoms with Gasteiger partial charge in [-0.05, 0) is 65.1 Å². The first kappa shape index (κ1) is 26.5. The number of amides is 1. The van der Waals surface area contributed by atoms with Crippen molar-refractivity contribution in [3.63, 3.8) is 0 Å². The third kappa shape index (κ3) is 6.67. The number of H-pyrrole nitrogens is 1. The van der Waals surface area contributed by atoms with Crippen molar-refractivity contribution in [2.45, 2.75) is 64.6 Å². The fourth-order valence-corrected chi connectivity index (χ4v) is 5.19. The molecule has 0 saturated heterocycles. The molecule has 1 aliphatic carbocycles. The van der Waals surface area contributed by atoms with Crippen LogP contribution in [0.3, 0.4) is 0 Å². The molecule has 4 nitrogen and oxygen atoms in total. The predicted octanol–water partition coefficient (Wildman–Crippen LogP) is 7.35. The number of hydrogen-bond donors (Lipinski definition) is 1. The van der Waals surface area contributed by atoms with Gasteiger partial charge in [-0.15, -0.1) is 0 Å². The van der Waals surface area contributed by atoms with Crippen LogP contribution in [0.15, 0.2) is 79.0 Å². The second-order valence-electron chi connectivity index (χ2n) is 11.6. The van der Waals surface area contributed by atoms with Crippen molar-refractivity contribution in [2.75, 3.05) is 13.1 Å². The van der Waals surface area contributed by atoms with Gasteiger partial charge in [0.25, 0.3) is 0 Å². The Kier molecular flexibility index (Phi) is 7.92. The first-order chi connectivity index (χ1) is 18.3. The molecule has 3 aromatic carbocycles. The summed E-state index contributed by atoms with van der Waals surface area (Å²) in [4.78, 5) is 21.6. The van der Waals surface area contributed by atoms with E-state index in [0.29, 0.717) is 25.7 Å². The highest BCUT2D eigenvalue weighted by Crippen LogP contribution is 2.29. The summed E-state index contributed by atoms with van der Waals surface area (Å²) < 4.78 is 0. The van der Waals surface area contributed by atoms with Crippen LogP contribution in [0.25, 0.3) is 10.9 Å². The zero-order chi connectivity index (χ0) is 26.7. The van der Waals surface area contributed by atoms with Crippen LogP contribution in [0.5, 0.6) is 0 Å². The molecule has 0 bridgehead atoms. The Balaban J connectivity index is 1.33. The summed E-state index contributed by atoms with van der Waals surface area (Å²) in [5, 5.41) is 1.97. The molecule has 0 radical (unpaired) electrons. The molecular weight excluding hydrogens is 490 g/mol. The number of benzene rings is 3. The van der Waals surface area contributed by atoms with E-state index in [0.717, 1.165) is 36.3 Å². The smallest absolute Gasteiger partial charge is 0.237 e. The summed E-state index contributed by atoms with van der Waals surface area (Å²) in [7, 11) is 0. The maximum atomic E-state index is 13.8. The Morgan fingerprint density at radius 1 is 0.921 bits per heavy atom. The Hall–Kier alpha value is -3.08. The van der Waals surface area contributed by atoms with Crippen LogP contribution in [-0.4, -0.2) is 39.8 Å². The van der Waals surface area contributed by atoms with Crippen molar-refractivity contribution in [1.82, 2.24) is 14.8 Å². The van der Waals surface area contributed by atoms with Crippen molar-refractivity contribution in [2.24, 2.45) is 0 Å². The lowest BCUT2D eigenvalue weighted by molar-refractivity contribution is -0.133. The second kappa shape index (κ2) is 11.3. The van der Waals surface area contributed by atoms with E-state index in [9.17, 15) is 4.79 Å². The number of rotatable bonds is 10. The minimum Gasteiger partial charge on any atom is -0.361 e. The molecule has 1 aromatic heterocycles. The standard InChI is InChI=1S/C33H38ClN3O/c1-33(2,3)27-12-8-24(9-13-27)21-36(19-18-26-20-35-31-7-5-4-6-30(26)31)32(38)23-37(29-16-17-29)22-25-10-14-28(34)15-11-25/h4-15,20,29,35H,16-19,21-23H2,1-3H3. The van der Waals surface area contributed by atoms with E-state index in [2.05, 4.69) is 91.4 Å². The minimum absolute atomic E-state index is 0.107. The normalized spacial score (nSPS) is 13.8. The number of para-hydroxylation sites is 1. The van der Waals surface area contributed by atoms with E-state index in [-0.39, 0.29) is 11.3 Å². The molecule has 5 heteroatoms. The maximum absolute atomic E-state index is 13.8. The number of aromatic nitrogens is 1. The van der Waals surface area contributed by atoms with Gasteiger partial charge in [-0.3, -0.25) is 9.69 Å². The number of hydrogen-bond acceptors (Lipinski definition) is 2. The molecule has 1 N–H and O–H groups in total. The molecule has 0 spiro atoms. The molecule has 1 aliphatic rings. The third-order valence-corrected chi connectivity index (χ3v) is 7.82. The Bertz CT molecular complexity index is 1360. The van der Waals surface area contributed by atoms with Crippen molar-refractivity contribution in [3.8, 4) is 0 Å². The van der Waals surface area contributed by atoms with E-state index in [1.54, 1.807) is 0 Å². The van der Waals surface area contributed by atoms with Crippen LogP contribution in [0.2, 0.25) is 5.02 Å². The van der Waals surface area contributed by atoms with Crippen molar-refractivity contribution >= 4 is 28.4 Å². The Labute approximate surface area is 231 Å². The lowest BCUT2D eigenvalue weighted by Crippen LogP contribution is -2.41. The average Bonchev–Trinajstić information content (AvgIpc) is 3.67. The number of carbonyl (C=O) groups excluding carboxylic acids is 1. The number of carbonyl (C=O) groups is 1. The van der Waals surface area contributed by atoms with Crippen LogP contribution in [0.1, 0.15) is 55.9 Å². The van der Waals surface area contributed by atoms with Crippen LogP contribution in [0.4, 0.5) is 0 Å². The molecule has 38 heavy (non-hydrogen) atoms. The largest absolute Gasteiger partial charge is 0.361 e. The van der Waals surface area contributed by atoms with Crippen LogP contribution in [-0.2, 0) is 29.7 Å². The summed E-state index contributed by atoms with van der Waals surface area (Å²) in [5.41, 5.74) is 6.16. The average molecular weight is 528 g/mol. The number of halogens is 1. The van der Waals surface area contributed by atoms with Gasteiger partial charge >= 0.3 is 0 Å². The number of nitrogens with zero attached hydrogens (tertiary/aromatic N) is 2. The lowest BCUT2D eigenvalue weighted by atomic mass is 9.87. The highest BCUT2D eigenvalue weighted by molar-refractivity contribution is 6.30. The van der Waals surface area contributed by atoms with Gasteiger partial charge in [0.15, 0.2) is 0 Å². The summed E-state index contributed by atoms with van der Waals surface area (Å²) in [6.07, 6.45) is 5.22. The van der Waals surface area contributed by atoms with Gasteiger partial charge in [-0.25, -0.2) is 0 Å². The fourth-order valence-electron chi connectivity index (χ4n) is 5.07. The summed E-state index contributed by atoms with van der Waals surface area (Å²) >= 11 is 6.10. The molecule has 4 aromatic rings. The molecule has 5 rings (SSSR count). The molecule has 1 heterocycles. The van der Waals surface area contributed by atoms with Gasteiger partial charge in [-0.1, -0.05) is 87.0 Å². The number of nitrogens with one attached hydrogen (secondary N) is 1. The van der Waals surface area contributed by atoms with Gasteiger partial charge in [0.1, 0.15) is 0 Å². The third-order valence-electron chi connectivity index (χ3n) is 7.57. The Morgan fingerprint density at radius 2 is 1.58 bits per heavy atom. The SMILES string of the molecule is CC(C)(C)c1ccc(CN(CCc2c[nH]c3ccccc23)C(=O)CN(Cc2ccc(Cl)cc2)C2CC2)cc1. The topological polar surface area (TPSA) is 39.3 Å². The maximum Gasteiger partial charge on any atom is 0.237 e. The molecule has 0 atom stereocenters. The van der Waals surface area contributed by atoms with Crippen molar-refractivity contribution in [1.29, 1.82) is 0 Å². The van der Waals surface area contributed by atoms with Gasteiger partial charge in [0, 0.05) is 47.8 Å². The van der Waals surface area contributed by atoms with Crippen LogP contribution in [0, 0.1) is 0 Å². The zero-order valence-corrected chi connectivity index (χ0v) is 23.5. The molecule has 1 saturated carbocycles. The summed E-state index contributed by atoms with van der Waals surface area (Å²) in [6.45, 7) is 9.18. The molecule has 0 unspecified atom stereocenters. The first-order valence-electron chi connectivity index (χ1n) is 13.7. The van der Waals surface area contributed by atoms with Gasteiger partial charge in [0.2, 0.25) is 5.91 Å². The minimum atomic E-state index is 0.107. The monoisotopic (exact) mass is 527 g/mol. The van der Waals surface area contributed by atoms with E-state index in [1.807, 2.05) is 23.1 Å². The molecule has 198 valence electrons. The van der Waals surface area contributed by atoms with Crippen molar-refractivity contribution in [3.05, 3.63) is 106 Å².